The van der Waals surface area contributed by atoms with Gasteiger partial charge in [-0.2, -0.15) is 0 Å². The van der Waals surface area contributed by atoms with Gasteiger partial charge in [0.1, 0.15) is 11.3 Å². The van der Waals surface area contributed by atoms with E-state index in [1.165, 1.54) is 13.2 Å². The summed E-state index contributed by atoms with van der Waals surface area (Å²) >= 11 is 0. The summed E-state index contributed by atoms with van der Waals surface area (Å²) in [5.41, 5.74) is 3.52. The molecule has 1 fully saturated rings. The van der Waals surface area contributed by atoms with E-state index in [0.717, 1.165) is 21.6 Å². The van der Waals surface area contributed by atoms with Gasteiger partial charge >= 0.3 is 6.03 Å². The van der Waals surface area contributed by atoms with Crippen molar-refractivity contribution in [2.24, 2.45) is 0 Å². The molecule has 27 heavy (non-hydrogen) atoms. The maximum absolute atomic E-state index is 13.1. The van der Waals surface area contributed by atoms with Crippen LogP contribution in [0.2, 0.25) is 0 Å². The lowest BCUT2D eigenvalue weighted by Crippen LogP contribution is -2.54. The second-order valence-corrected chi connectivity index (χ2v) is 6.45. The van der Waals surface area contributed by atoms with Gasteiger partial charge in [-0.15, -0.1) is 0 Å². The minimum Gasteiger partial charge on any atom is -0.496 e. The van der Waals surface area contributed by atoms with Gasteiger partial charge in [0.2, 0.25) is 0 Å². The Kier molecular flexibility index (Phi) is 4.81. The molecule has 1 aliphatic rings. The average molecular weight is 364 g/mol. The Labute approximate surface area is 157 Å². The maximum atomic E-state index is 13.1. The number of nitrogens with one attached hydrogen (secondary N) is 1. The van der Waals surface area contributed by atoms with E-state index in [1.54, 1.807) is 24.3 Å². The van der Waals surface area contributed by atoms with Crippen molar-refractivity contribution in [2.45, 2.75) is 20.8 Å². The predicted molar refractivity (Wildman–Crippen MR) is 103 cm³/mol. The van der Waals surface area contributed by atoms with E-state index in [9.17, 15) is 14.4 Å². The van der Waals surface area contributed by atoms with E-state index in [-0.39, 0.29) is 5.57 Å². The molecular formula is C21H20N2O4. The van der Waals surface area contributed by atoms with Gasteiger partial charge in [-0.25, -0.2) is 9.69 Å². The van der Waals surface area contributed by atoms with E-state index in [2.05, 4.69) is 5.32 Å². The van der Waals surface area contributed by atoms with Crippen molar-refractivity contribution in [1.29, 1.82) is 0 Å². The number of benzene rings is 2. The van der Waals surface area contributed by atoms with Crippen molar-refractivity contribution in [1.82, 2.24) is 5.32 Å². The molecule has 1 heterocycles. The second-order valence-electron chi connectivity index (χ2n) is 6.45. The number of aryl methyl sites for hydroxylation is 3. The zero-order valence-electron chi connectivity index (χ0n) is 15.6. The summed E-state index contributed by atoms with van der Waals surface area (Å²) < 4.78 is 5.27. The number of amides is 4. The largest absolute Gasteiger partial charge is 0.496 e. The summed E-state index contributed by atoms with van der Waals surface area (Å²) in [4.78, 5) is 38.9. The molecule has 0 spiro atoms. The van der Waals surface area contributed by atoms with Crippen molar-refractivity contribution in [2.75, 3.05) is 12.0 Å². The number of barbiturate groups is 1. The van der Waals surface area contributed by atoms with Crippen LogP contribution in [0.4, 0.5) is 10.5 Å². The van der Waals surface area contributed by atoms with Crippen molar-refractivity contribution in [3.05, 3.63) is 64.2 Å². The van der Waals surface area contributed by atoms with Crippen molar-refractivity contribution < 1.29 is 19.1 Å². The fourth-order valence-corrected chi connectivity index (χ4v) is 3.33. The first-order valence-corrected chi connectivity index (χ1v) is 8.45. The standard InChI is InChI=1S/C21H20N2O4/c1-12-9-13(2)18(14(3)10-12)23-20(25)16(19(24)22-21(23)26)11-15-7-5-6-8-17(15)27-4/h5-11H,1-4H3,(H,22,24,26). The molecule has 0 aliphatic carbocycles. The lowest BCUT2D eigenvalue weighted by atomic mass is 10.0. The number of carbonyl (C=O) groups excluding carboxylic acids is 3. The first-order chi connectivity index (χ1) is 12.8. The zero-order chi connectivity index (χ0) is 19.7. The second kappa shape index (κ2) is 7.07. The molecule has 0 radical (unpaired) electrons. The van der Waals surface area contributed by atoms with Gasteiger partial charge in [0.25, 0.3) is 11.8 Å². The molecule has 0 bridgehead atoms. The highest BCUT2D eigenvalue weighted by Crippen LogP contribution is 2.30. The molecule has 4 amide bonds. The zero-order valence-corrected chi connectivity index (χ0v) is 15.6. The Morgan fingerprint density at radius 2 is 1.63 bits per heavy atom. The number of imide groups is 2. The highest BCUT2D eigenvalue weighted by Gasteiger charge is 2.38. The van der Waals surface area contributed by atoms with Crippen molar-refractivity contribution in [3.8, 4) is 5.75 Å². The van der Waals surface area contributed by atoms with Crippen LogP contribution in [0.25, 0.3) is 6.08 Å². The topological polar surface area (TPSA) is 75.7 Å². The summed E-state index contributed by atoms with van der Waals surface area (Å²) in [5, 5.41) is 2.25. The summed E-state index contributed by atoms with van der Waals surface area (Å²) in [5.74, 6) is -0.865. The molecule has 1 aliphatic heterocycles. The third kappa shape index (κ3) is 3.33. The number of nitrogens with zero attached hydrogens (tertiary/aromatic N) is 1. The number of rotatable bonds is 3. The molecular weight excluding hydrogens is 344 g/mol. The van der Waals surface area contributed by atoms with Crippen LogP contribution < -0.4 is 15.0 Å². The van der Waals surface area contributed by atoms with Gasteiger partial charge in [0.15, 0.2) is 0 Å². The quantitative estimate of drug-likeness (QED) is 0.670. The highest BCUT2D eigenvalue weighted by molar-refractivity contribution is 6.39. The summed E-state index contributed by atoms with van der Waals surface area (Å²) in [7, 11) is 1.51. The maximum Gasteiger partial charge on any atom is 0.335 e. The number of methoxy groups -OCH3 is 1. The van der Waals surface area contributed by atoms with E-state index < -0.39 is 17.8 Å². The van der Waals surface area contributed by atoms with E-state index in [0.29, 0.717) is 17.0 Å². The third-order valence-electron chi connectivity index (χ3n) is 4.40. The molecule has 6 nitrogen and oxygen atoms in total. The van der Waals surface area contributed by atoms with E-state index in [1.807, 2.05) is 32.9 Å². The Morgan fingerprint density at radius 3 is 2.26 bits per heavy atom. The number of hydrogen-bond donors (Lipinski definition) is 1. The Morgan fingerprint density at radius 1 is 1.00 bits per heavy atom. The third-order valence-corrected chi connectivity index (χ3v) is 4.40. The molecule has 2 aromatic carbocycles. The van der Waals surface area contributed by atoms with Gasteiger partial charge in [-0.1, -0.05) is 35.9 Å². The Bertz CT molecular complexity index is 968. The number of hydrogen-bond acceptors (Lipinski definition) is 4. The lowest BCUT2D eigenvalue weighted by molar-refractivity contribution is -0.122. The monoisotopic (exact) mass is 364 g/mol. The van der Waals surface area contributed by atoms with Crippen LogP contribution in [0, 0.1) is 20.8 Å². The van der Waals surface area contributed by atoms with Crippen LogP contribution in [0.5, 0.6) is 5.75 Å². The smallest absolute Gasteiger partial charge is 0.335 e. The van der Waals surface area contributed by atoms with Gasteiger partial charge in [-0.3, -0.25) is 14.9 Å². The molecule has 6 heteroatoms. The van der Waals surface area contributed by atoms with Crippen LogP contribution in [-0.2, 0) is 9.59 Å². The van der Waals surface area contributed by atoms with Crippen LogP contribution >= 0.6 is 0 Å². The van der Waals surface area contributed by atoms with Crippen molar-refractivity contribution in [3.63, 3.8) is 0 Å². The molecule has 0 saturated carbocycles. The minimum absolute atomic E-state index is 0.126. The number of urea groups is 1. The molecule has 138 valence electrons. The molecule has 3 rings (SSSR count). The molecule has 0 aromatic heterocycles. The fraction of sp³-hybridized carbons (Fsp3) is 0.190. The van der Waals surface area contributed by atoms with Crippen LogP contribution in [-0.4, -0.2) is 25.0 Å². The van der Waals surface area contributed by atoms with Crippen LogP contribution in [0.1, 0.15) is 22.3 Å². The van der Waals surface area contributed by atoms with Crippen LogP contribution in [0.15, 0.2) is 42.0 Å². The van der Waals surface area contributed by atoms with E-state index in [4.69, 9.17) is 4.74 Å². The Balaban J connectivity index is 2.12. The SMILES string of the molecule is COc1ccccc1C=C1C(=O)NC(=O)N(c2c(C)cc(C)cc2C)C1=O. The van der Waals surface area contributed by atoms with Gasteiger partial charge in [0, 0.05) is 5.56 Å². The van der Waals surface area contributed by atoms with E-state index >= 15 is 0 Å². The van der Waals surface area contributed by atoms with Gasteiger partial charge in [0.05, 0.1) is 12.8 Å². The molecule has 0 atom stereocenters. The average Bonchev–Trinajstić information content (AvgIpc) is 2.60. The van der Waals surface area contributed by atoms with Crippen LogP contribution in [0.3, 0.4) is 0 Å². The predicted octanol–water partition coefficient (Wildman–Crippen LogP) is 3.29. The highest BCUT2D eigenvalue weighted by atomic mass is 16.5. The molecule has 0 unspecified atom stereocenters. The fourth-order valence-electron chi connectivity index (χ4n) is 3.33. The number of carbonyl (C=O) groups is 3. The summed E-state index contributed by atoms with van der Waals surface area (Å²) in [6, 6.07) is 10.1. The lowest BCUT2D eigenvalue weighted by Gasteiger charge is -2.29. The van der Waals surface area contributed by atoms with Crippen molar-refractivity contribution >= 4 is 29.6 Å². The molecule has 1 N–H and O–H groups in total. The number of ether oxygens (including phenoxy) is 1. The normalized spacial score (nSPS) is 15.9. The van der Waals surface area contributed by atoms with Gasteiger partial charge < -0.3 is 4.74 Å². The molecule has 2 aromatic rings. The molecule has 1 saturated heterocycles. The minimum atomic E-state index is -0.753. The Hall–Kier alpha value is -3.41. The first-order valence-electron chi connectivity index (χ1n) is 8.45. The summed E-state index contributed by atoms with van der Waals surface area (Å²) in [6.07, 6.45) is 1.44. The van der Waals surface area contributed by atoms with Gasteiger partial charge in [-0.05, 0) is 44.0 Å². The summed E-state index contributed by atoms with van der Waals surface area (Å²) in [6.45, 7) is 5.60. The first kappa shape index (κ1) is 18.4. The number of para-hydroxylation sites is 1. The number of anilines is 1.